The lowest BCUT2D eigenvalue weighted by atomic mass is 10.1. The normalized spacial score (nSPS) is 13.0. The molecule has 180 valence electrons. The van der Waals surface area contributed by atoms with E-state index >= 15 is 0 Å². The van der Waals surface area contributed by atoms with E-state index in [0.29, 0.717) is 42.4 Å². The zero-order valence-corrected chi connectivity index (χ0v) is 19.4. The summed E-state index contributed by atoms with van der Waals surface area (Å²) in [6, 6.07) is 13.2. The Bertz CT molecular complexity index is 1020. The lowest BCUT2D eigenvalue weighted by Crippen LogP contribution is -2.46. The minimum absolute atomic E-state index is 0.0711. The first kappa shape index (κ1) is 24.8. The molecule has 0 atom stereocenters. The summed E-state index contributed by atoms with van der Waals surface area (Å²) in [6.07, 6.45) is 2.30. The fraction of sp³-hybridized carbons (Fsp3) is 0.360. The number of nitrogens with one attached hydrogen (secondary N) is 3. The molecule has 0 spiro atoms. The Morgan fingerprint density at radius 1 is 0.941 bits per heavy atom. The zero-order chi connectivity index (χ0) is 24.5. The quantitative estimate of drug-likeness (QED) is 0.491. The molecule has 1 heterocycles. The van der Waals surface area contributed by atoms with Crippen molar-refractivity contribution in [3.63, 3.8) is 0 Å². The van der Waals surface area contributed by atoms with Crippen molar-refractivity contribution in [3.05, 3.63) is 59.7 Å². The van der Waals surface area contributed by atoms with Crippen LogP contribution in [0.1, 0.15) is 53.8 Å². The molecule has 0 saturated carbocycles. The molecule has 9 heteroatoms. The van der Waals surface area contributed by atoms with E-state index in [2.05, 4.69) is 30.0 Å². The fourth-order valence-electron chi connectivity index (χ4n) is 3.33. The van der Waals surface area contributed by atoms with E-state index in [1.54, 1.807) is 53.4 Å². The summed E-state index contributed by atoms with van der Waals surface area (Å²) in [5.74, 6) is -0.208. The average molecular weight is 467 g/mol. The number of anilines is 1. The lowest BCUT2D eigenvalue weighted by Gasteiger charge is -2.15. The molecule has 2 aromatic rings. The lowest BCUT2D eigenvalue weighted by molar-refractivity contribution is -0.121. The van der Waals surface area contributed by atoms with Gasteiger partial charge in [0.15, 0.2) is 0 Å². The van der Waals surface area contributed by atoms with Gasteiger partial charge in [0.05, 0.1) is 13.2 Å². The number of nitrogens with zero attached hydrogens (tertiary/aromatic N) is 1. The largest absolute Gasteiger partial charge is 0.494 e. The third kappa shape index (κ3) is 7.06. The molecule has 1 saturated heterocycles. The maximum Gasteiger partial charge on any atom is 0.269 e. The molecule has 1 aliphatic heterocycles. The molecule has 3 N–H and O–H groups in total. The van der Waals surface area contributed by atoms with Crippen LogP contribution in [0.4, 0.5) is 5.69 Å². The molecule has 0 bridgehead atoms. The van der Waals surface area contributed by atoms with Crippen LogP contribution in [0.25, 0.3) is 0 Å². The van der Waals surface area contributed by atoms with Gasteiger partial charge in [-0.3, -0.25) is 30.0 Å². The highest BCUT2D eigenvalue weighted by Crippen LogP contribution is 2.21. The second kappa shape index (κ2) is 11.8. The van der Waals surface area contributed by atoms with Crippen molar-refractivity contribution in [2.45, 2.75) is 33.1 Å². The van der Waals surface area contributed by atoms with Gasteiger partial charge >= 0.3 is 0 Å². The van der Waals surface area contributed by atoms with E-state index in [0.717, 1.165) is 18.5 Å². The molecule has 0 radical (unpaired) electrons. The van der Waals surface area contributed by atoms with Crippen molar-refractivity contribution in [3.8, 4) is 5.75 Å². The number of hydrogen-bond acceptors (Lipinski definition) is 5. The van der Waals surface area contributed by atoms with Gasteiger partial charge in [0.25, 0.3) is 17.7 Å². The van der Waals surface area contributed by atoms with Crippen LogP contribution < -0.4 is 25.8 Å². The Morgan fingerprint density at radius 3 is 2.21 bits per heavy atom. The van der Waals surface area contributed by atoms with Crippen LogP contribution in [0, 0.1) is 5.92 Å². The summed E-state index contributed by atoms with van der Waals surface area (Å²) in [6.45, 7) is 5.20. The van der Waals surface area contributed by atoms with Crippen LogP contribution >= 0.6 is 0 Å². The number of carbonyl (C=O) groups excluding carboxylic acids is 4. The first-order valence-corrected chi connectivity index (χ1v) is 11.3. The topological polar surface area (TPSA) is 117 Å². The van der Waals surface area contributed by atoms with Crippen molar-refractivity contribution in [2.24, 2.45) is 5.92 Å². The van der Waals surface area contributed by atoms with Crippen LogP contribution in [-0.4, -0.2) is 43.3 Å². The molecule has 0 aromatic heterocycles. The summed E-state index contributed by atoms with van der Waals surface area (Å²) >= 11 is 0. The molecule has 9 nitrogen and oxygen atoms in total. The van der Waals surface area contributed by atoms with Crippen molar-refractivity contribution in [2.75, 3.05) is 24.6 Å². The number of rotatable bonds is 9. The molecular formula is C25H30N4O5. The minimum atomic E-state index is -0.574. The smallest absolute Gasteiger partial charge is 0.269 e. The minimum Gasteiger partial charge on any atom is -0.494 e. The first-order valence-electron chi connectivity index (χ1n) is 11.3. The van der Waals surface area contributed by atoms with Crippen molar-refractivity contribution in [1.82, 2.24) is 16.2 Å². The van der Waals surface area contributed by atoms with E-state index in [-0.39, 0.29) is 12.5 Å². The van der Waals surface area contributed by atoms with Gasteiger partial charge in [0.2, 0.25) is 5.91 Å². The van der Waals surface area contributed by atoms with Crippen molar-refractivity contribution in [1.29, 1.82) is 0 Å². The number of carbonyl (C=O) groups is 4. The van der Waals surface area contributed by atoms with Crippen LogP contribution in [0.2, 0.25) is 0 Å². The van der Waals surface area contributed by atoms with Gasteiger partial charge in [-0.15, -0.1) is 0 Å². The predicted octanol–water partition coefficient (Wildman–Crippen LogP) is 2.43. The highest BCUT2D eigenvalue weighted by atomic mass is 16.5. The van der Waals surface area contributed by atoms with Crippen LogP contribution in [0.5, 0.6) is 5.75 Å². The number of hydrogen-bond donors (Lipinski definition) is 3. The predicted molar refractivity (Wildman–Crippen MR) is 127 cm³/mol. The van der Waals surface area contributed by atoms with Crippen LogP contribution in [0.15, 0.2) is 48.5 Å². The van der Waals surface area contributed by atoms with E-state index in [4.69, 9.17) is 4.74 Å². The second-order valence-corrected chi connectivity index (χ2v) is 8.44. The highest BCUT2D eigenvalue weighted by molar-refractivity contribution is 5.99. The molecular weight excluding hydrogens is 436 g/mol. The Morgan fingerprint density at radius 2 is 1.59 bits per heavy atom. The monoisotopic (exact) mass is 466 g/mol. The van der Waals surface area contributed by atoms with E-state index < -0.39 is 17.7 Å². The standard InChI is InChI=1S/C25H30N4O5/c1-17(2)13-15-34-21-11-7-19(8-12-21)25(33)28-27-22(30)16-26-24(32)18-5-9-20(10-6-18)29-14-3-4-23(29)31/h5-12,17H,3-4,13-16H2,1-2H3,(H,26,32)(H,27,30)(H,28,33). The fourth-order valence-corrected chi connectivity index (χ4v) is 3.33. The number of ether oxygens (including phenoxy) is 1. The maximum absolute atomic E-state index is 12.3. The van der Waals surface area contributed by atoms with Gasteiger partial charge in [-0.1, -0.05) is 13.8 Å². The summed E-state index contributed by atoms with van der Waals surface area (Å²) in [4.78, 5) is 50.0. The maximum atomic E-state index is 12.3. The molecule has 2 aromatic carbocycles. The Labute approximate surface area is 198 Å². The third-order valence-electron chi connectivity index (χ3n) is 5.32. The third-order valence-corrected chi connectivity index (χ3v) is 5.32. The Balaban J connectivity index is 1.39. The van der Waals surface area contributed by atoms with Crippen LogP contribution in [0.3, 0.4) is 0 Å². The SMILES string of the molecule is CC(C)CCOc1ccc(C(=O)NNC(=O)CNC(=O)c2ccc(N3CCCC3=O)cc2)cc1. The molecule has 34 heavy (non-hydrogen) atoms. The summed E-state index contributed by atoms with van der Waals surface area (Å²) in [5, 5.41) is 2.50. The van der Waals surface area contributed by atoms with E-state index in [9.17, 15) is 19.2 Å². The number of amides is 4. The Kier molecular flexibility index (Phi) is 8.61. The van der Waals surface area contributed by atoms with Crippen molar-refractivity contribution < 1.29 is 23.9 Å². The van der Waals surface area contributed by atoms with Crippen molar-refractivity contribution >= 4 is 29.3 Å². The van der Waals surface area contributed by atoms with Crippen LogP contribution in [-0.2, 0) is 9.59 Å². The number of benzene rings is 2. The van der Waals surface area contributed by atoms with E-state index in [1.807, 2.05) is 0 Å². The Hall–Kier alpha value is -3.88. The molecule has 4 amide bonds. The molecule has 1 fully saturated rings. The zero-order valence-electron chi connectivity index (χ0n) is 19.4. The average Bonchev–Trinajstić information content (AvgIpc) is 3.27. The van der Waals surface area contributed by atoms with Gasteiger partial charge < -0.3 is 15.0 Å². The van der Waals surface area contributed by atoms with Gasteiger partial charge in [-0.2, -0.15) is 0 Å². The van der Waals surface area contributed by atoms with Gasteiger partial charge in [-0.25, -0.2) is 0 Å². The van der Waals surface area contributed by atoms with Gasteiger partial charge in [0, 0.05) is 29.8 Å². The summed E-state index contributed by atoms with van der Waals surface area (Å²) < 4.78 is 5.62. The molecule has 0 unspecified atom stereocenters. The highest BCUT2D eigenvalue weighted by Gasteiger charge is 2.21. The molecule has 0 aliphatic carbocycles. The second-order valence-electron chi connectivity index (χ2n) is 8.44. The molecule has 3 rings (SSSR count). The number of hydrazine groups is 1. The molecule has 1 aliphatic rings. The van der Waals surface area contributed by atoms with Gasteiger partial charge in [-0.05, 0) is 67.3 Å². The summed E-state index contributed by atoms with van der Waals surface area (Å²) in [5.41, 5.74) is 6.05. The first-order chi connectivity index (χ1) is 16.3. The van der Waals surface area contributed by atoms with Gasteiger partial charge in [0.1, 0.15) is 5.75 Å². The van der Waals surface area contributed by atoms with E-state index in [1.165, 1.54) is 0 Å². The summed E-state index contributed by atoms with van der Waals surface area (Å²) in [7, 11) is 0.